The third kappa shape index (κ3) is 3.65. The average molecular weight is 393 g/mol. The van der Waals surface area contributed by atoms with Gasteiger partial charge in [-0.1, -0.05) is 5.21 Å². The van der Waals surface area contributed by atoms with Crippen LogP contribution in [-0.4, -0.2) is 47.1 Å². The minimum absolute atomic E-state index is 0.264. The van der Waals surface area contributed by atoms with Gasteiger partial charge >= 0.3 is 5.97 Å². The molecule has 3 aromatic rings. The molecule has 0 unspecified atom stereocenters. The number of ether oxygens (including phenoxy) is 1. The summed E-state index contributed by atoms with van der Waals surface area (Å²) in [4.78, 5) is 27.1. The molecular formula is C21H23N5O3. The van der Waals surface area contributed by atoms with Crippen molar-refractivity contribution in [2.75, 3.05) is 30.4 Å². The Morgan fingerprint density at radius 3 is 2.59 bits per heavy atom. The number of nitrogens with zero attached hydrogens (tertiary/aromatic N) is 4. The van der Waals surface area contributed by atoms with Crippen LogP contribution in [0.15, 0.2) is 36.4 Å². The van der Waals surface area contributed by atoms with E-state index in [9.17, 15) is 9.59 Å². The quantitative estimate of drug-likeness (QED) is 0.670. The van der Waals surface area contributed by atoms with Gasteiger partial charge in [0.05, 0.1) is 29.6 Å². The lowest BCUT2D eigenvalue weighted by Gasteiger charge is -2.22. The Morgan fingerprint density at radius 1 is 1.10 bits per heavy atom. The molecule has 0 aliphatic carbocycles. The lowest BCUT2D eigenvalue weighted by Crippen LogP contribution is -2.21. The van der Waals surface area contributed by atoms with Crippen LogP contribution in [0.1, 0.15) is 40.5 Å². The molecule has 2 heterocycles. The maximum Gasteiger partial charge on any atom is 0.337 e. The van der Waals surface area contributed by atoms with Gasteiger partial charge in [0.15, 0.2) is 0 Å². The van der Waals surface area contributed by atoms with Crippen molar-refractivity contribution in [3.05, 3.63) is 47.5 Å². The SMILES string of the molecule is CCn1nnc2cc(C(=O)Nc3cc(C(=O)OC)ccc3N3CCCC3)ccc21. The van der Waals surface area contributed by atoms with E-state index in [-0.39, 0.29) is 5.91 Å². The molecule has 4 rings (SSSR count). The van der Waals surface area contributed by atoms with Gasteiger partial charge in [-0.3, -0.25) is 4.79 Å². The lowest BCUT2D eigenvalue weighted by molar-refractivity contribution is 0.0600. The van der Waals surface area contributed by atoms with Crippen LogP contribution in [0.25, 0.3) is 11.0 Å². The van der Waals surface area contributed by atoms with E-state index in [1.807, 2.05) is 19.1 Å². The number of rotatable bonds is 5. The molecule has 8 heteroatoms. The van der Waals surface area contributed by atoms with Gasteiger partial charge in [0.2, 0.25) is 0 Å². The first-order valence-corrected chi connectivity index (χ1v) is 9.72. The number of aromatic nitrogens is 3. The van der Waals surface area contributed by atoms with Crippen molar-refractivity contribution in [2.24, 2.45) is 0 Å². The minimum atomic E-state index is -0.439. The van der Waals surface area contributed by atoms with Gasteiger partial charge in [-0.2, -0.15) is 0 Å². The Morgan fingerprint density at radius 2 is 1.86 bits per heavy atom. The molecule has 1 fully saturated rings. The molecule has 2 aromatic carbocycles. The summed E-state index contributed by atoms with van der Waals surface area (Å²) in [5.74, 6) is -0.702. The van der Waals surface area contributed by atoms with Gasteiger partial charge in [0.25, 0.3) is 5.91 Å². The summed E-state index contributed by atoms with van der Waals surface area (Å²) < 4.78 is 6.60. The van der Waals surface area contributed by atoms with E-state index in [2.05, 4.69) is 20.5 Å². The zero-order valence-corrected chi connectivity index (χ0v) is 16.5. The molecular weight excluding hydrogens is 370 g/mol. The number of benzene rings is 2. The monoisotopic (exact) mass is 393 g/mol. The molecule has 0 radical (unpaired) electrons. The number of carbonyl (C=O) groups is 2. The van der Waals surface area contributed by atoms with Gasteiger partial charge in [-0.25, -0.2) is 9.48 Å². The number of esters is 1. The average Bonchev–Trinajstić information content (AvgIpc) is 3.42. The van der Waals surface area contributed by atoms with Crippen LogP contribution in [-0.2, 0) is 11.3 Å². The van der Waals surface area contributed by atoms with E-state index < -0.39 is 5.97 Å². The fourth-order valence-corrected chi connectivity index (χ4v) is 3.66. The molecule has 0 spiro atoms. The minimum Gasteiger partial charge on any atom is -0.465 e. The van der Waals surface area contributed by atoms with Crippen molar-refractivity contribution in [2.45, 2.75) is 26.3 Å². The van der Waals surface area contributed by atoms with Crippen LogP contribution in [0.3, 0.4) is 0 Å². The number of methoxy groups -OCH3 is 1. The molecule has 1 amide bonds. The van der Waals surface area contributed by atoms with Crippen molar-refractivity contribution in [3.63, 3.8) is 0 Å². The van der Waals surface area contributed by atoms with E-state index in [4.69, 9.17) is 4.74 Å². The predicted octanol–water partition coefficient (Wildman–Crippen LogP) is 3.09. The maximum atomic E-state index is 13.0. The second-order valence-electron chi connectivity index (χ2n) is 6.98. The highest BCUT2D eigenvalue weighted by Gasteiger charge is 2.20. The number of aryl methyl sites for hydroxylation is 1. The molecule has 1 saturated heterocycles. The first kappa shape index (κ1) is 18.9. The van der Waals surface area contributed by atoms with Crippen LogP contribution in [0, 0.1) is 0 Å². The summed E-state index contributed by atoms with van der Waals surface area (Å²) >= 11 is 0. The molecule has 0 bridgehead atoms. The largest absolute Gasteiger partial charge is 0.465 e. The highest BCUT2D eigenvalue weighted by molar-refractivity contribution is 6.08. The molecule has 0 atom stereocenters. The van der Waals surface area contributed by atoms with Crippen molar-refractivity contribution in [1.29, 1.82) is 0 Å². The molecule has 1 aliphatic rings. The molecule has 29 heavy (non-hydrogen) atoms. The van der Waals surface area contributed by atoms with Crippen LogP contribution in [0.4, 0.5) is 11.4 Å². The van der Waals surface area contributed by atoms with Gasteiger partial charge in [0, 0.05) is 25.2 Å². The summed E-state index contributed by atoms with van der Waals surface area (Å²) in [5, 5.41) is 11.2. The predicted molar refractivity (Wildman–Crippen MR) is 110 cm³/mol. The fourth-order valence-electron chi connectivity index (χ4n) is 3.66. The van der Waals surface area contributed by atoms with E-state index >= 15 is 0 Å². The van der Waals surface area contributed by atoms with Crippen LogP contribution < -0.4 is 10.2 Å². The van der Waals surface area contributed by atoms with Gasteiger partial charge in [-0.05, 0) is 56.2 Å². The van der Waals surface area contributed by atoms with Crippen molar-refractivity contribution in [1.82, 2.24) is 15.0 Å². The Kier molecular flexibility index (Phi) is 5.16. The van der Waals surface area contributed by atoms with Gasteiger partial charge < -0.3 is 15.0 Å². The van der Waals surface area contributed by atoms with E-state index in [1.165, 1.54) is 7.11 Å². The topological polar surface area (TPSA) is 89.3 Å². The van der Waals surface area contributed by atoms with Crippen LogP contribution in [0.5, 0.6) is 0 Å². The molecule has 1 N–H and O–H groups in total. The smallest absolute Gasteiger partial charge is 0.337 e. The second kappa shape index (κ2) is 7.90. The number of hydrogen-bond acceptors (Lipinski definition) is 6. The molecule has 150 valence electrons. The zero-order chi connectivity index (χ0) is 20.4. The summed E-state index contributed by atoms with van der Waals surface area (Å²) in [6, 6.07) is 10.6. The molecule has 1 aliphatic heterocycles. The van der Waals surface area contributed by atoms with Crippen molar-refractivity contribution in [3.8, 4) is 0 Å². The standard InChI is InChI=1S/C21H23N5O3/c1-3-26-19-9-6-14(12-17(19)23-24-26)20(27)22-16-13-15(21(28)29-2)7-8-18(16)25-10-4-5-11-25/h6-9,12-13H,3-5,10-11H2,1-2H3,(H,22,27). The Balaban J connectivity index is 1.66. The maximum absolute atomic E-state index is 13.0. The van der Waals surface area contributed by atoms with Gasteiger partial charge in [-0.15, -0.1) is 5.10 Å². The van der Waals surface area contributed by atoms with E-state index in [0.29, 0.717) is 28.9 Å². The Labute approximate surface area is 168 Å². The lowest BCUT2D eigenvalue weighted by atomic mass is 10.1. The number of carbonyl (C=O) groups excluding carboxylic acids is 2. The van der Waals surface area contributed by atoms with Crippen LogP contribution in [0.2, 0.25) is 0 Å². The number of fused-ring (bicyclic) bond motifs is 1. The number of amides is 1. The highest BCUT2D eigenvalue weighted by Crippen LogP contribution is 2.31. The second-order valence-corrected chi connectivity index (χ2v) is 6.98. The molecule has 8 nitrogen and oxygen atoms in total. The summed E-state index contributed by atoms with van der Waals surface area (Å²) in [7, 11) is 1.34. The van der Waals surface area contributed by atoms with Crippen molar-refractivity contribution < 1.29 is 14.3 Å². The van der Waals surface area contributed by atoms with E-state index in [0.717, 1.165) is 37.1 Å². The highest BCUT2D eigenvalue weighted by atomic mass is 16.5. The molecule has 0 saturated carbocycles. The number of nitrogens with one attached hydrogen (secondary N) is 1. The summed E-state index contributed by atoms with van der Waals surface area (Å²) in [6.07, 6.45) is 2.21. The molecule has 1 aromatic heterocycles. The number of anilines is 2. The Bertz CT molecular complexity index is 1070. The Hall–Kier alpha value is -3.42. The van der Waals surface area contributed by atoms with Gasteiger partial charge in [0.1, 0.15) is 5.52 Å². The first-order chi connectivity index (χ1) is 14.1. The third-order valence-corrected chi connectivity index (χ3v) is 5.19. The van der Waals surface area contributed by atoms with Crippen LogP contribution >= 0.6 is 0 Å². The normalized spacial score (nSPS) is 13.7. The van der Waals surface area contributed by atoms with E-state index in [1.54, 1.807) is 28.9 Å². The third-order valence-electron chi connectivity index (χ3n) is 5.19. The van der Waals surface area contributed by atoms with Crippen molar-refractivity contribution >= 4 is 34.3 Å². The summed E-state index contributed by atoms with van der Waals surface area (Å²) in [5.41, 5.74) is 3.93. The fraction of sp³-hybridized carbons (Fsp3) is 0.333. The zero-order valence-electron chi connectivity index (χ0n) is 16.5. The summed E-state index contributed by atoms with van der Waals surface area (Å²) in [6.45, 7) is 4.55. The number of hydrogen-bond donors (Lipinski definition) is 1. The first-order valence-electron chi connectivity index (χ1n) is 9.72.